The molecule has 106 valence electrons. The van der Waals surface area contributed by atoms with E-state index in [2.05, 4.69) is 5.32 Å². The van der Waals surface area contributed by atoms with Gasteiger partial charge in [-0.15, -0.1) is 0 Å². The van der Waals surface area contributed by atoms with E-state index in [0.717, 1.165) is 13.0 Å². The summed E-state index contributed by atoms with van der Waals surface area (Å²) in [5.74, 6) is -0.0818. The van der Waals surface area contributed by atoms with E-state index >= 15 is 0 Å². The summed E-state index contributed by atoms with van der Waals surface area (Å²) in [5, 5.41) is 3.26. The van der Waals surface area contributed by atoms with Crippen molar-refractivity contribution in [2.75, 3.05) is 44.9 Å². The molecule has 0 aromatic heterocycles. The van der Waals surface area contributed by atoms with Crippen LogP contribution in [0.15, 0.2) is 18.2 Å². The van der Waals surface area contributed by atoms with Gasteiger partial charge in [-0.3, -0.25) is 9.69 Å². The highest BCUT2D eigenvalue weighted by molar-refractivity contribution is 6.33. The fourth-order valence-corrected chi connectivity index (χ4v) is 1.74. The number of anilines is 2. The molecule has 0 saturated heterocycles. The molecule has 0 radical (unpaired) electrons. The van der Waals surface area contributed by atoms with Gasteiger partial charge in [-0.05, 0) is 31.7 Å². The fraction of sp³-hybridized carbons (Fsp3) is 0.462. The van der Waals surface area contributed by atoms with Crippen LogP contribution >= 0.6 is 11.6 Å². The predicted octanol–water partition coefficient (Wildman–Crippen LogP) is 1.83. The molecule has 1 aromatic carbocycles. The summed E-state index contributed by atoms with van der Waals surface area (Å²) in [6.45, 7) is 1.83. The fourth-order valence-electron chi connectivity index (χ4n) is 1.63. The van der Waals surface area contributed by atoms with Crippen molar-refractivity contribution in [1.82, 2.24) is 4.90 Å². The molecule has 0 aliphatic carbocycles. The molecule has 1 rings (SSSR count). The molecule has 0 aliphatic rings. The Morgan fingerprint density at radius 2 is 2.26 bits per heavy atom. The standard InChI is InChI=1S/C13H20ClN3O2/c1-17(6-3-7-19-2)9-13(18)16-10-4-5-11(14)12(15)8-10/h4-5,8H,3,6-7,9,15H2,1-2H3,(H,16,18). The first-order chi connectivity index (χ1) is 9.02. The van der Waals surface area contributed by atoms with Crippen LogP contribution in [-0.2, 0) is 9.53 Å². The maximum absolute atomic E-state index is 11.8. The van der Waals surface area contributed by atoms with Crippen LogP contribution in [0.1, 0.15) is 6.42 Å². The van der Waals surface area contributed by atoms with Gasteiger partial charge in [0.05, 0.1) is 17.3 Å². The predicted molar refractivity (Wildman–Crippen MR) is 78.5 cm³/mol. The Morgan fingerprint density at radius 3 is 2.89 bits per heavy atom. The number of nitrogens with zero attached hydrogens (tertiary/aromatic N) is 1. The normalized spacial score (nSPS) is 10.7. The lowest BCUT2D eigenvalue weighted by atomic mass is 10.3. The Morgan fingerprint density at radius 1 is 1.53 bits per heavy atom. The van der Waals surface area contributed by atoms with Crippen molar-refractivity contribution in [2.24, 2.45) is 0 Å². The van der Waals surface area contributed by atoms with Crippen LogP contribution in [0, 0.1) is 0 Å². The van der Waals surface area contributed by atoms with Crippen LogP contribution in [0.4, 0.5) is 11.4 Å². The van der Waals surface area contributed by atoms with Crippen LogP contribution in [0.2, 0.25) is 5.02 Å². The second-order valence-corrected chi connectivity index (χ2v) is 4.78. The van der Waals surface area contributed by atoms with Crippen molar-refractivity contribution in [1.29, 1.82) is 0 Å². The summed E-state index contributed by atoms with van der Waals surface area (Å²) < 4.78 is 4.96. The molecule has 0 fully saturated rings. The molecule has 0 saturated carbocycles. The Balaban J connectivity index is 2.39. The minimum Gasteiger partial charge on any atom is -0.397 e. The number of amides is 1. The molecular formula is C13H20ClN3O2. The van der Waals surface area contributed by atoms with E-state index in [-0.39, 0.29) is 5.91 Å². The number of hydrogen-bond acceptors (Lipinski definition) is 4. The van der Waals surface area contributed by atoms with E-state index < -0.39 is 0 Å². The third-order valence-electron chi connectivity index (χ3n) is 2.58. The number of nitrogen functional groups attached to an aromatic ring is 1. The number of rotatable bonds is 7. The summed E-state index contributed by atoms with van der Waals surface area (Å²) in [6, 6.07) is 5.03. The summed E-state index contributed by atoms with van der Waals surface area (Å²) in [7, 11) is 3.56. The van der Waals surface area contributed by atoms with Gasteiger partial charge in [-0.2, -0.15) is 0 Å². The largest absolute Gasteiger partial charge is 0.397 e. The number of carbonyl (C=O) groups excluding carboxylic acids is 1. The minimum absolute atomic E-state index is 0.0818. The quantitative estimate of drug-likeness (QED) is 0.592. The molecule has 0 bridgehead atoms. The van der Waals surface area contributed by atoms with Gasteiger partial charge in [-0.25, -0.2) is 0 Å². The lowest BCUT2D eigenvalue weighted by Crippen LogP contribution is -2.31. The van der Waals surface area contributed by atoms with E-state index in [1.807, 2.05) is 11.9 Å². The number of halogens is 1. The Labute approximate surface area is 118 Å². The second-order valence-electron chi connectivity index (χ2n) is 4.37. The first-order valence-electron chi connectivity index (χ1n) is 6.05. The monoisotopic (exact) mass is 285 g/mol. The lowest BCUT2D eigenvalue weighted by molar-refractivity contribution is -0.117. The zero-order valence-corrected chi connectivity index (χ0v) is 12.0. The maximum atomic E-state index is 11.8. The topological polar surface area (TPSA) is 67.6 Å². The van der Waals surface area contributed by atoms with E-state index in [4.69, 9.17) is 22.1 Å². The molecule has 0 spiro atoms. The zero-order chi connectivity index (χ0) is 14.3. The van der Waals surface area contributed by atoms with Gasteiger partial charge in [0.25, 0.3) is 0 Å². The first kappa shape index (κ1) is 15.8. The first-order valence-corrected chi connectivity index (χ1v) is 6.43. The van der Waals surface area contributed by atoms with Crippen molar-refractivity contribution in [2.45, 2.75) is 6.42 Å². The van der Waals surface area contributed by atoms with E-state index in [9.17, 15) is 4.79 Å². The minimum atomic E-state index is -0.0818. The lowest BCUT2D eigenvalue weighted by Gasteiger charge is -2.16. The van der Waals surface area contributed by atoms with Crippen molar-refractivity contribution >= 4 is 28.9 Å². The number of likely N-dealkylation sites (N-methyl/N-ethyl adjacent to an activating group) is 1. The van der Waals surface area contributed by atoms with Gasteiger partial charge >= 0.3 is 0 Å². The third kappa shape index (κ3) is 5.92. The number of methoxy groups -OCH3 is 1. The molecule has 0 aliphatic heterocycles. The maximum Gasteiger partial charge on any atom is 0.238 e. The Kier molecular flexibility index (Phi) is 6.62. The van der Waals surface area contributed by atoms with E-state index in [0.29, 0.717) is 29.5 Å². The van der Waals surface area contributed by atoms with Gasteiger partial charge in [0.2, 0.25) is 5.91 Å². The molecule has 19 heavy (non-hydrogen) atoms. The van der Waals surface area contributed by atoms with Gasteiger partial charge in [0, 0.05) is 25.9 Å². The SMILES string of the molecule is COCCCN(C)CC(=O)Nc1ccc(Cl)c(N)c1. The number of nitrogens with one attached hydrogen (secondary N) is 1. The molecule has 3 N–H and O–H groups in total. The highest BCUT2D eigenvalue weighted by atomic mass is 35.5. The number of benzene rings is 1. The van der Waals surface area contributed by atoms with Gasteiger partial charge in [-0.1, -0.05) is 11.6 Å². The molecule has 6 heteroatoms. The number of hydrogen-bond donors (Lipinski definition) is 2. The average Bonchev–Trinajstić information content (AvgIpc) is 2.34. The molecule has 1 amide bonds. The summed E-state index contributed by atoms with van der Waals surface area (Å²) in [4.78, 5) is 13.7. The Bertz CT molecular complexity index is 426. The third-order valence-corrected chi connectivity index (χ3v) is 2.93. The van der Waals surface area contributed by atoms with Gasteiger partial charge in [0.1, 0.15) is 0 Å². The second kappa shape index (κ2) is 7.99. The highest BCUT2D eigenvalue weighted by Gasteiger charge is 2.07. The molecular weight excluding hydrogens is 266 g/mol. The summed E-state index contributed by atoms with van der Waals surface area (Å²) in [5.41, 5.74) is 6.77. The molecule has 1 aromatic rings. The van der Waals surface area contributed by atoms with E-state index in [1.165, 1.54) is 0 Å². The smallest absolute Gasteiger partial charge is 0.238 e. The van der Waals surface area contributed by atoms with Crippen LogP contribution in [-0.4, -0.2) is 44.7 Å². The number of carbonyl (C=O) groups is 1. The Hall–Kier alpha value is -1.30. The van der Waals surface area contributed by atoms with Crippen LogP contribution in [0.25, 0.3) is 0 Å². The average molecular weight is 286 g/mol. The highest BCUT2D eigenvalue weighted by Crippen LogP contribution is 2.22. The molecule has 0 unspecified atom stereocenters. The number of nitrogens with two attached hydrogens (primary N) is 1. The summed E-state index contributed by atoms with van der Waals surface area (Å²) >= 11 is 5.81. The van der Waals surface area contributed by atoms with Gasteiger partial charge < -0.3 is 15.8 Å². The zero-order valence-electron chi connectivity index (χ0n) is 11.3. The molecule has 5 nitrogen and oxygen atoms in total. The van der Waals surface area contributed by atoms with Crippen LogP contribution < -0.4 is 11.1 Å². The van der Waals surface area contributed by atoms with Crippen molar-refractivity contribution in [3.8, 4) is 0 Å². The van der Waals surface area contributed by atoms with Crippen molar-refractivity contribution in [3.63, 3.8) is 0 Å². The molecule has 0 atom stereocenters. The van der Waals surface area contributed by atoms with Crippen molar-refractivity contribution in [3.05, 3.63) is 23.2 Å². The van der Waals surface area contributed by atoms with E-state index in [1.54, 1.807) is 25.3 Å². The van der Waals surface area contributed by atoms with Crippen LogP contribution in [0.3, 0.4) is 0 Å². The number of ether oxygens (including phenoxy) is 1. The summed E-state index contributed by atoms with van der Waals surface area (Å²) in [6.07, 6.45) is 0.897. The van der Waals surface area contributed by atoms with Gasteiger partial charge in [0.15, 0.2) is 0 Å². The van der Waals surface area contributed by atoms with Crippen molar-refractivity contribution < 1.29 is 9.53 Å². The van der Waals surface area contributed by atoms with Crippen LogP contribution in [0.5, 0.6) is 0 Å². The molecule has 0 heterocycles.